The molecule has 1 aliphatic carbocycles. The van der Waals surface area contributed by atoms with Crippen molar-refractivity contribution >= 4 is 24.1 Å². The molecule has 0 saturated heterocycles. The molecule has 23 heavy (non-hydrogen) atoms. The van der Waals surface area contributed by atoms with Gasteiger partial charge < -0.3 is 5.53 Å². The summed E-state index contributed by atoms with van der Waals surface area (Å²) in [6.07, 6.45) is 4.91. The van der Waals surface area contributed by atoms with Crippen molar-refractivity contribution < 1.29 is 21.6 Å². The van der Waals surface area contributed by atoms with Crippen LogP contribution in [0.15, 0.2) is 12.7 Å². The molecule has 1 aliphatic rings. The van der Waals surface area contributed by atoms with Gasteiger partial charge >= 0.3 is 4.38 Å². The predicted molar refractivity (Wildman–Crippen MR) is 91.4 cm³/mol. The molecule has 1 saturated carbocycles. The van der Waals surface area contributed by atoms with Crippen LogP contribution in [0.4, 0.5) is 0 Å². The largest absolute Gasteiger partial charge is 0.495 e. The minimum atomic E-state index is -4.35. The molecule has 0 N–H and O–H groups in total. The van der Waals surface area contributed by atoms with E-state index < -0.39 is 40.0 Å². The molecule has 8 heteroatoms. The number of sulfone groups is 2. The average Bonchev–Trinajstić information content (AvgIpc) is 2.48. The third kappa shape index (κ3) is 3.92. The molecule has 1 rings (SSSR count). The molecule has 6 nitrogen and oxygen atoms in total. The molecule has 0 bridgehead atoms. The second kappa shape index (κ2) is 7.28. The molecule has 0 spiro atoms. The average molecular weight is 363 g/mol. The third-order valence-corrected chi connectivity index (χ3v) is 10.2. The van der Waals surface area contributed by atoms with Gasteiger partial charge in [-0.15, -0.1) is 11.4 Å². The summed E-state index contributed by atoms with van der Waals surface area (Å²) in [4.78, 5) is 2.72. The lowest BCUT2D eigenvalue weighted by atomic mass is 9.86. The van der Waals surface area contributed by atoms with Gasteiger partial charge in [0.2, 0.25) is 0 Å². The summed E-state index contributed by atoms with van der Waals surface area (Å²) in [6, 6.07) is 0. The molecular formula is C15H26N2O4S2. The maximum atomic E-state index is 12.8. The lowest BCUT2D eigenvalue weighted by molar-refractivity contribution is 0.00355. The second-order valence-corrected chi connectivity index (χ2v) is 11.1. The van der Waals surface area contributed by atoms with Crippen molar-refractivity contribution in [1.29, 1.82) is 0 Å². The fourth-order valence-electron chi connectivity index (χ4n) is 2.97. The molecule has 1 unspecified atom stereocenters. The van der Waals surface area contributed by atoms with Crippen molar-refractivity contribution in [3.05, 3.63) is 18.2 Å². The van der Waals surface area contributed by atoms with Crippen molar-refractivity contribution in [2.75, 3.05) is 0 Å². The number of hydrogen-bond acceptors (Lipinski definition) is 4. The highest BCUT2D eigenvalue weighted by Gasteiger charge is 2.52. The van der Waals surface area contributed by atoms with Crippen LogP contribution in [0, 0.1) is 5.41 Å². The van der Waals surface area contributed by atoms with E-state index in [1.54, 1.807) is 13.8 Å². The second-order valence-electron chi connectivity index (χ2n) is 6.71. The number of hydrogen-bond donors (Lipinski definition) is 0. The fourth-order valence-corrected chi connectivity index (χ4v) is 7.93. The van der Waals surface area contributed by atoms with E-state index in [4.69, 9.17) is 0 Å². The van der Waals surface area contributed by atoms with Crippen molar-refractivity contribution in [3.8, 4) is 0 Å². The molecule has 0 aliphatic heterocycles. The Morgan fingerprint density at radius 2 is 1.78 bits per heavy atom. The summed E-state index contributed by atoms with van der Waals surface area (Å²) in [5.74, 6) is 0. The Morgan fingerprint density at radius 1 is 1.26 bits per heavy atom. The number of rotatable bonds is 5. The van der Waals surface area contributed by atoms with Crippen LogP contribution in [-0.2, 0) is 19.7 Å². The zero-order valence-corrected chi connectivity index (χ0v) is 15.7. The van der Waals surface area contributed by atoms with Crippen LogP contribution in [0.5, 0.6) is 0 Å². The topological polar surface area (TPSA) is 105 Å². The quantitative estimate of drug-likeness (QED) is 0.246. The Hall–Kier alpha value is -0.980. The van der Waals surface area contributed by atoms with Crippen LogP contribution in [0.1, 0.15) is 59.3 Å². The first-order valence-corrected chi connectivity index (χ1v) is 11.0. The fraction of sp³-hybridized carbons (Fsp3) is 0.800. The van der Waals surface area contributed by atoms with E-state index in [9.17, 15) is 22.4 Å². The predicted octanol–water partition coefficient (Wildman–Crippen LogP) is 2.73. The van der Waals surface area contributed by atoms with Crippen LogP contribution in [0.3, 0.4) is 0 Å². The molecule has 1 atom stereocenters. The first-order valence-electron chi connectivity index (χ1n) is 7.88. The van der Waals surface area contributed by atoms with Crippen LogP contribution in [0.2, 0.25) is 0 Å². The first kappa shape index (κ1) is 20.1. The maximum absolute atomic E-state index is 12.8. The Kier molecular flexibility index (Phi) is 6.35. The molecule has 0 amide bonds. The van der Waals surface area contributed by atoms with E-state index in [2.05, 4.69) is 11.4 Å². The summed E-state index contributed by atoms with van der Waals surface area (Å²) in [6.45, 7) is 8.80. The van der Waals surface area contributed by atoms with Crippen molar-refractivity contribution in [3.63, 3.8) is 0 Å². The minimum absolute atomic E-state index is 0.396. The summed E-state index contributed by atoms with van der Waals surface area (Å²) in [5.41, 5.74) is 8.48. The van der Waals surface area contributed by atoms with E-state index in [1.165, 1.54) is 6.08 Å². The minimum Gasteiger partial charge on any atom is -0.359 e. The third-order valence-electron chi connectivity index (χ3n) is 4.79. The molecular weight excluding hydrogens is 336 g/mol. The molecule has 0 heterocycles. The Labute approximate surface area is 139 Å². The van der Waals surface area contributed by atoms with Gasteiger partial charge in [0.15, 0.2) is 0 Å². The summed E-state index contributed by atoms with van der Waals surface area (Å²) in [7, 11) is -8.54. The van der Waals surface area contributed by atoms with Crippen molar-refractivity contribution in [2.24, 2.45) is 5.41 Å². The normalized spacial score (nSPS) is 18.9. The number of nitrogens with zero attached hydrogens (tertiary/aromatic N) is 2. The van der Waals surface area contributed by atoms with E-state index in [-0.39, 0.29) is 0 Å². The monoisotopic (exact) mass is 362 g/mol. The summed E-state index contributed by atoms with van der Waals surface area (Å²) in [5, 5.41) is -1.93. The van der Waals surface area contributed by atoms with Gasteiger partial charge in [-0.2, -0.15) is 0 Å². The molecule has 0 aromatic carbocycles. The van der Waals surface area contributed by atoms with E-state index in [1.807, 2.05) is 6.92 Å². The van der Waals surface area contributed by atoms with Gasteiger partial charge in [-0.3, -0.25) is 0 Å². The van der Waals surface area contributed by atoms with E-state index in [0.29, 0.717) is 19.3 Å². The Bertz CT molecular complexity index is 696. The van der Waals surface area contributed by atoms with Crippen LogP contribution < -0.4 is 0 Å². The van der Waals surface area contributed by atoms with Crippen molar-refractivity contribution in [2.45, 2.75) is 69.8 Å². The Balaban J connectivity index is 3.38. The summed E-state index contributed by atoms with van der Waals surface area (Å²) >= 11 is 0. The first-order chi connectivity index (χ1) is 10.6. The van der Waals surface area contributed by atoms with Crippen LogP contribution >= 0.6 is 0 Å². The Morgan fingerprint density at radius 3 is 2.17 bits per heavy atom. The zero-order valence-electron chi connectivity index (χ0n) is 14.0. The van der Waals surface area contributed by atoms with Crippen molar-refractivity contribution in [1.82, 2.24) is 0 Å². The van der Waals surface area contributed by atoms with Gasteiger partial charge in [0.05, 0.1) is 10.5 Å². The summed E-state index contributed by atoms with van der Waals surface area (Å²) < 4.78 is 50.0. The van der Waals surface area contributed by atoms with Crippen LogP contribution in [0.25, 0.3) is 5.53 Å². The molecule has 0 aromatic rings. The van der Waals surface area contributed by atoms with Gasteiger partial charge in [0, 0.05) is 0 Å². The van der Waals surface area contributed by atoms with E-state index >= 15 is 0 Å². The van der Waals surface area contributed by atoms with Gasteiger partial charge in [-0.05, 0) is 24.7 Å². The standard InChI is InChI=1S/C15H26N2O4S2/c1-5-13(15(3,4)6-2)23(20,21)14(17-16)22(18,19)12-10-8-7-9-11-12/h5,12-13H,1,6-11H2,2-4H3. The molecule has 0 radical (unpaired) electrons. The van der Waals surface area contributed by atoms with Gasteiger partial charge in [-0.25, -0.2) is 16.8 Å². The van der Waals surface area contributed by atoms with Gasteiger partial charge in [0.25, 0.3) is 19.7 Å². The highest BCUT2D eigenvalue weighted by atomic mass is 32.3. The lowest BCUT2D eigenvalue weighted by Gasteiger charge is -2.29. The van der Waals surface area contributed by atoms with Gasteiger partial charge in [-0.1, -0.05) is 46.1 Å². The lowest BCUT2D eigenvalue weighted by Crippen LogP contribution is -2.44. The highest BCUT2D eigenvalue weighted by molar-refractivity contribution is 8.31. The highest BCUT2D eigenvalue weighted by Crippen LogP contribution is 2.34. The van der Waals surface area contributed by atoms with Gasteiger partial charge in [0.1, 0.15) is 0 Å². The zero-order chi connectivity index (χ0) is 17.9. The van der Waals surface area contributed by atoms with E-state index in [0.717, 1.165) is 19.3 Å². The SMILES string of the molecule is C=CC(C(C)(C)CC)S(=O)(=O)C(=[N+]=[N-])S(=O)(=O)C1CCCCC1. The maximum Gasteiger partial charge on any atom is 0.495 e. The smallest absolute Gasteiger partial charge is 0.359 e. The van der Waals surface area contributed by atoms with Crippen LogP contribution in [-0.4, -0.2) is 36.5 Å². The molecule has 1 fully saturated rings. The molecule has 0 aromatic heterocycles. The molecule has 132 valence electrons.